The van der Waals surface area contributed by atoms with Gasteiger partial charge in [-0.1, -0.05) is 140 Å². The number of benzene rings is 7. The summed E-state index contributed by atoms with van der Waals surface area (Å²) < 4.78 is 0. The second-order valence-corrected chi connectivity index (χ2v) is 13.4. The summed E-state index contributed by atoms with van der Waals surface area (Å²) in [7, 11) is -0.00144. The Bertz CT molecular complexity index is 2300. The van der Waals surface area contributed by atoms with Crippen LogP contribution in [0.25, 0.3) is 59.5 Å². The van der Waals surface area contributed by atoms with Crippen molar-refractivity contribution in [1.29, 1.82) is 0 Å². The summed E-state index contributed by atoms with van der Waals surface area (Å²) in [6, 6.07) is 51.4. The highest BCUT2D eigenvalue weighted by Gasteiger charge is 2.26. The van der Waals surface area contributed by atoms with Crippen molar-refractivity contribution < 1.29 is 0 Å². The van der Waals surface area contributed by atoms with Crippen LogP contribution in [-0.2, 0) is 5.75 Å². The summed E-state index contributed by atoms with van der Waals surface area (Å²) in [5.41, 5.74) is 9.38. The highest BCUT2D eigenvalue weighted by Crippen LogP contribution is 2.50. The summed E-state index contributed by atoms with van der Waals surface area (Å²) in [5, 5.41) is 7.97. The quantitative estimate of drug-likeness (QED) is 0.148. The third-order valence-corrected chi connectivity index (χ3v) is 11.5. The minimum Gasteiger partial charge on any atom is -0.142 e. The van der Waals surface area contributed by atoms with E-state index in [1.54, 1.807) is 0 Å². The molecular formula is C42H28S. The Kier molecular flexibility index (Phi) is 5.61. The van der Waals surface area contributed by atoms with Crippen molar-refractivity contribution in [1.82, 2.24) is 0 Å². The maximum atomic E-state index is 2.45. The van der Waals surface area contributed by atoms with Gasteiger partial charge in [0.1, 0.15) is 0 Å². The molecule has 9 rings (SSSR count). The molecule has 0 nitrogen and oxygen atoms in total. The molecule has 0 amide bonds. The van der Waals surface area contributed by atoms with Gasteiger partial charge in [-0.05, 0) is 89.5 Å². The van der Waals surface area contributed by atoms with E-state index in [2.05, 4.69) is 158 Å². The van der Waals surface area contributed by atoms with E-state index in [1.807, 2.05) is 0 Å². The van der Waals surface area contributed by atoms with Gasteiger partial charge >= 0.3 is 0 Å². The van der Waals surface area contributed by atoms with Gasteiger partial charge in [-0.15, -0.1) is 10.5 Å². The minimum absolute atomic E-state index is 0.00144. The molecule has 0 N–H and O–H groups in total. The Balaban J connectivity index is 1.13. The molecule has 0 saturated carbocycles. The zero-order valence-corrected chi connectivity index (χ0v) is 24.4. The number of allylic oxidation sites excluding steroid dienone is 3. The fourth-order valence-corrected chi connectivity index (χ4v) is 9.55. The van der Waals surface area contributed by atoms with Crippen molar-refractivity contribution in [3.05, 3.63) is 174 Å². The van der Waals surface area contributed by atoms with E-state index < -0.39 is 0 Å². The van der Waals surface area contributed by atoms with Gasteiger partial charge in [0.05, 0.1) is 0 Å². The molecule has 7 aromatic carbocycles. The largest absolute Gasteiger partial charge is 0.142 e. The summed E-state index contributed by atoms with van der Waals surface area (Å²) in [6.45, 7) is 0. The highest BCUT2D eigenvalue weighted by atomic mass is 32.2. The summed E-state index contributed by atoms with van der Waals surface area (Å²) >= 11 is 0. The Morgan fingerprint density at radius 3 is 1.70 bits per heavy atom. The van der Waals surface area contributed by atoms with Crippen LogP contribution in [0.1, 0.15) is 16.7 Å². The predicted octanol–water partition coefficient (Wildman–Crippen LogP) is 11.4. The van der Waals surface area contributed by atoms with Gasteiger partial charge in [-0.2, -0.15) is 0 Å². The molecule has 2 aliphatic heterocycles. The van der Waals surface area contributed by atoms with Crippen LogP contribution in [0.15, 0.2) is 158 Å². The van der Waals surface area contributed by atoms with Crippen molar-refractivity contribution in [3.8, 4) is 22.3 Å². The molecule has 0 fully saturated rings. The van der Waals surface area contributed by atoms with E-state index in [-0.39, 0.29) is 10.5 Å². The van der Waals surface area contributed by atoms with E-state index in [0.29, 0.717) is 0 Å². The summed E-state index contributed by atoms with van der Waals surface area (Å²) in [4.78, 5) is 2.91. The van der Waals surface area contributed by atoms with Crippen LogP contribution in [0.5, 0.6) is 0 Å². The Hall–Kier alpha value is -4.98. The van der Waals surface area contributed by atoms with Gasteiger partial charge in [-0.3, -0.25) is 0 Å². The van der Waals surface area contributed by atoms with Crippen LogP contribution < -0.4 is 0 Å². The lowest BCUT2D eigenvalue weighted by Crippen LogP contribution is -1.97. The standard InChI is InChI=1S/C42H28S/c1-2-10-28(11-3-1)29-20-22-30(23-21-29)32-16-8-17-38-40(32)27-43-41(18-9-19-42(38)43)31-24-25-37-35-14-5-4-12-33(35)34-13-6-7-15-36(34)39(37)26-31/h1-26H,27H2. The molecule has 1 heteroatoms. The Morgan fingerprint density at radius 2 is 0.977 bits per heavy atom. The minimum atomic E-state index is -0.00144. The molecule has 1 unspecified atom stereocenters. The highest BCUT2D eigenvalue weighted by molar-refractivity contribution is 8.24. The first-order valence-electron chi connectivity index (χ1n) is 14.9. The van der Waals surface area contributed by atoms with Gasteiger partial charge in [0, 0.05) is 15.5 Å². The topological polar surface area (TPSA) is 0 Å². The van der Waals surface area contributed by atoms with Crippen molar-refractivity contribution in [2.75, 3.05) is 0 Å². The SMILES string of the molecule is C1=CC2=S(Cc3c2cccc3-c2ccc(-c3ccccc3)cc2)C(c2ccc3c4ccccc4c4ccccc4c3c2)=C1. The van der Waals surface area contributed by atoms with Gasteiger partial charge in [0.2, 0.25) is 0 Å². The van der Waals surface area contributed by atoms with Crippen molar-refractivity contribution >= 4 is 52.6 Å². The maximum Gasteiger partial charge on any atom is 0.0197 e. The molecule has 0 bridgehead atoms. The molecule has 0 radical (unpaired) electrons. The van der Waals surface area contributed by atoms with Crippen LogP contribution in [0.2, 0.25) is 0 Å². The predicted molar refractivity (Wildman–Crippen MR) is 189 cm³/mol. The van der Waals surface area contributed by atoms with Gasteiger partial charge < -0.3 is 0 Å². The van der Waals surface area contributed by atoms with Gasteiger partial charge in [-0.25, -0.2) is 0 Å². The van der Waals surface area contributed by atoms with Gasteiger partial charge in [0.15, 0.2) is 0 Å². The van der Waals surface area contributed by atoms with Crippen LogP contribution >= 0.6 is 10.5 Å². The van der Waals surface area contributed by atoms with Crippen molar-refractivity contribution in [2.45, 2.75) is 5.75 Å². The monoisotopic (exact) mass is 564 g/mol. The van der Waals surface area contributed by atoms with Crippen LogP contribution in [-0.4, -0.2) is 4.86 Å². The molecule has 2 heterocycles. The van der Waals surface area contributed by atoms with Crippen LogP contribution in [0.3, 0.4) is 0 Å². The number of rotatable bonds is 3. The average molecular weight is 565 g/mol. The zero-order valence-electron chi connectivity index (χ0n) is 23.6. The molecule has 202 valence electrons. The fraction of sp³-hybridized carbons (Fsp3) is 0.0238. The molecular weight excluding hydrogens is 537 g/mol. The molecule has 0 spiro atoms. The molecule has 43 heavy (non-hydrogen) atoms. The van der Waals surface area contributed by atoms with E-state index in [4.69, 9.17) is 0 Å². The fourth-order valence-electron chi connectivity index (χ4n) is 7.04. The van der Waals surface area contributed by atoms with Crippen LogP contribution in [0.4, 0.5) is 0 Å². The molecule has 0 aromatic heterocycles. The van der Waals surface area contributed by atoms with E-state index in [9.17, 15) is 0 Å². The third-order valence-electron chi connectivity index (χ3n) is 9.09. The summed E-state index contributed by atoms with van der Waals surface area (Å²) in [5.74, 6) is 1.05. The number of fused-ring (bicyclic) bond motifs is 8. The molecule has 1 atom stereocenters. The first kappa shape index (κ1) is 24.6. The van der Waals surface area contributed by atoms with Crippen molar-refractivity contribution in [2.24, 2.45) is 0 Å². The number of hydrogen-bond donors (Lipinski definition) is 0. The second-order valence-electron chi connectivity index (χ2n) is 11.4. The second kappa shape index (κ2) is 9.80. The first-order valence-corrected chi connectivity index (χ1v) is 16.3. The summed E-state index contributed by atoms with van der Waals surface area (Å²) in [6.07, 6.45) is 6.97. The molecule has 0 saturated heterocycles. The van der Waals surface area contributed by atoms with Gasteiger partial charge in [0.25, 0.3) is 0 Å². The molecule has 2 aliphatic rings. The van der Waals surface area contributed by atoms with E-state index in [1.165, 1.54) is 81.0 Å². The smallest absolute Gasteiger partial charge is 0.0197 e. The van der Waals surface area contributed by atoms with Crippen LogP contribution in [0, 0.1) is 0 Å². The zero-order chi connectivity index (χ0) is 28.3. The molecule has 0 aliphatic carbocycles. The average Bonchev–Trinajstić information content (AvgIpc) is 3.48. The van der Waals surface area contributed by atoms with Crippen molar-refractivity contribution in [3.63, 3.8) is 0 Å². The Morgan fingerprint density at radius 1 is 0.419 bits per heavy atom. The Labute approximate surface area is 254 Å². The molecule has 7 aromatic rings. The lowest BCUT2D eigenvalue weighted by atomic mass is 9.93. The lowest BCUT2D eigenvalue weighted by Gasteiger charge is -2.17. The lowest BCUT2D eigenvalue weighted by molar-refractivity contribution is 1.41. The van der Waals surface area contributed by atoms with E-state index in [0.717, 1.165) is 5.75 Å². The normalized spacial score (nSPS) is 15.6. The maximum absolute atomic E-state index is 2.45. The first-order chi connectivity index (χ1) is 21.3. The third kappa shape index (κ3) is 3.89. The van der Waals surface area contributed by atoms with E-state index >= 15 is 0 Å². The number of hydrogen-bond acceptors (Lipinski definition) is 0.